The van der Waals surface area contributed by atoms with Gasteiger partial charge in [0, 0.05) is 12.2 Å². The van der Waals surface area contributed by atoms with Crippen molar-refractivity contribution in [3.63, 3.8) is 0 Å². The molecule has 0 saturated carbocycles. The van der Waals surface area contributed by atoms with E-state index in [9.17, 15) is 0 Å². The van der Waals surface area contributed by atoms with Crippen LogP contribution in [0.5, 0.6) is 11.5 Å². The van der Waals surface area contributed by atoms with Crippen LogP contribution in [0.4, 0.5) is 5.69 Å². The Hall–Kier alpha value is -2.16. The van der Waals surface area contributed by atoms with E-state index in [2.05, 4.69) is 36.5 Å². The van der Waals surface area contributed by atoms with Gasteiger partial charge in [-0.25, -0.2) is 0 Å². The second kappa shape index (κ2) is 10.6. The molecule has 130 valence electrons. The Bertz CT molecular complexity index is 563. The van der Waals surface area contributed by atoms with E-state index in [-0.39, 0.29) is 0 Å². The number of benzene rings is 2. The summed E-state index contributed by atoms with van der Waals surface area (Å²) >= 11 is 0. The molecule has 0 unspecified atom stereocenters. The zero-order valence-electron chi connectivity index (χ0n) is 14.9. The molecule has 0 spiro atoms. The highest BCUT2D eigenvalue weighted by Gasteiger charge is 1.98. The molecular weight excluding hydrogens is 298 g/mol. The smallest absolute Gasteiger partial charge is 0.119 e. The maximum absolute atomic E-state index is 5.79. The average Bonchev–Trinajstić information content (AvgIpc) is 2.64. The van der Waals surface area contributed by atoms with Gasteiger partial charge in [-0.05, 0) is 48.4 Å². The number of unbranched alkanes of at least 4 members (excludes halogenated alkanes) is 4. The Morgan fingerprint density at radius 2 is 1.46 bits per heavy atom. The van der Waals surface area contributed by atoms with Gasteiger partial charge < -0.3 is 14.8 Å². The first-order chi connectivity index (χ1) is 11.8. The SMILES string of the molecule is CCCCCCCOc1ccc(NCc2ccc(OC)cc2)cc1. The summed E-state index contributed by atoms with van der Waals surface area (Å²) in [5.74, 6) is 1.83. The van der Waals surface area contributed by atoms with Crippen molar-refractivity contribution in [2.75, 3.05) is 19.0 Å². The largest absolute Gasteiger partial charge is 0.497 e. The molecule has 0 heterocycles. The van der Waals surface area contributed by atoms with Gasteiger partial charge in [0.2, 0.25) is 0 Å². The van der Waals surface area contributed by atoms with Gasteiger partial charge in [0.1, 0.15) is 11.5 Å². The molecule has 2 aromatic rings. The maximum atomic E-state index is 5.79. The van der Waals surface area contributed by atoms with Crippen LogP contribution in [-0.4, -0.2) is 13.7 Å². The predicted octanol–water partition coefficient (Wildman–Crippen LogP) is 5.66. The number of methoxy groups -OCH3 is 1. The first-order valence-corrected chi connectivity index (χ1v) is 8.91. The third kappa shape index (κ3) is 6.53. The molecule has 0 atom stereocenters. The van der Waals surface area contributed by atoms with Gasteiger partial charge in [-0.15, -0.1) is 0 Å². The summed E-state index contributed by atoms with van der Waals surface area (Å²) in [6.45, 7) is 3.84. The molecule has 0 aliphatic carbocycles. The molecule has 1 N–H and O–H groups in total. The summed E-state index contributed by atoms with van der Waals surface area (Å²) in [5.41, 5.74) is 2.32. The number of hydrogen-bond donors (Lipinski definition) is 1. The van der Waals surface area contributed by atoms with Crippen molar-refractivity contribution >= 4 is 5.69 Å². The Labute approximate surface area is 146 Å². The second-order valence-corrected chi connectivity index (χ2v) is 5.99. The van der Waals surface area contributed by atoms with E-state index >= 15 is 0 Å². The van der Waals surface area contributed by atoms with Gasteiger partial charge in [-0.3, -0.25) is 0 Å². The van der Waals surface area contributed by atoms with Crippen LogP contribution in [0, 0.1) is 0 Å². The molecule has 0 radical (unpaired) electrons. The third-order valence-corrected chi connectivity index (χ3v) is 4.03. The fourth-order valence-corrected chi connectivity index (χ4v) is 2.51. The number of rotatable bonds is 11. The predicted molar refractivity (Wildman–Crippen MR) is 101 cm³/mol. The van der Waals surface area contributed by atoms with Crippen LogP contribution < -0.4 is 14.8 Å². The van der Waals surface area contributed by atoms with E-state index in [1.165, 1.54) is 31.2 Å². The standard InChI is InChI=1S/C21H29NO2/c1-3-4-5-6-7-16-24-21-14-10-19(11-15-21)22-17-18-8-12-20(23-2)13-9-18/h8-15,22H,3-7,16-17H2,1-2H3. The van der Waals surface area contributed by atoms with E-state index in [1.54, 1.807) is 7.11 Å². The van der Waals surface area contributed by atoms with Crippen molar-refractivity contribution in [1.29, 1.82) is 0 Å². The molecule has 2 aromatic carbocycles. The lowest BCUT2D eigenvalue weighted by molar-refractivity contribution is 0.304. The second-order valence-electron chi connectivity index (χ2n) is 5.99. The molecule has 0 amide bonds. The van der Waals surface area contributed by atoms with Crippen LogP contribution in [0.1, 0.15) is 44.6 Å². The topological polar surface area (TPSA) is 30.5 Å². The zero-order chi connectivity index (χ0) is 17.0. The van der Waals surface area contributed by atoms with E-state index in [0.29, 0.717) is 0 Å². The van der Waals surface area contributed by atoms with E-state index in [0.717, 1.165) is 36.8 Å². The molecule has 3 nitrogen and oxygen atoms in total. The van der Waals surface area contributed by atoms with Crippen LogP contribution in [0.15, 0.2) is 48.5 Å². The number of hydrogen-bond acceptors (Lipinski definition) is 3. The fourth-order valence-electron chi connectivity index (χ4n) is 2.51. The van der Waals surface area contributed by atoms with E-state index < -0.39 is 0 Å². The van der Waals surface area contributed by atoms with Crippen LogP contribution in [0.25, 0.3) is 0 Å². The maximum Gasteiger partial charge on any atom is 0.119 e. The third-order valence-electron chi connectivity index (χ3n) is 4.03. The first-order valence-electron chi connectivity index (χ1n) is 8.91. The van der Waals surface area contributed by atoms with Crippen molar-refractivity contribution in [3.05, 3.63) is 54.1 Å². The van der Waals surface area contributed by atoms with Gasteiger partial charge in [0.15, 0.2) is 0 Å². The summed E-state index contributed by atoms with van der Waals surface area (Å²) in [6.07, 6.45) is 6.32. The van der Waals surface area contributed by atoms with Crippen LogP contribution >= 0.6 is 0 Å². The average molecular weight is 327 g/mol. The Morgan fingerprint density at radius 3 is 2.12 bits per heavy atom. The van der Waals surface area contributed by atoms with Crippen molar-refractivity contribution in [2.24, 2.45) is 0 Å². The minimum atomic E-state index is 0.793. The molecule has 0 saturated heterocycles. The highest BCUT2D eigenvalue weighted by Crippen LogP contribution is 2.18. The monoisotopic (exact) mass is 327 g/mol. The molecule has 0 aliphatic heterocycles. The van der Waals surface area contributed by atoms with Gasteiger partial charge in [0.05, 0.1) is 13.7 Å². The quantitative estimate of drug-likeness (QED) is 0.540. The van der Waals surface area contributed by atoms with Gasteiger partial charge in [-0.2, -0.15) is 0 Å². The van der Waals surface area contributed by atoms with Crippen molar-refractivity contribution in [1.82, 2.24) is 0 Å². The molecule has 0 aliphatic rings. The molecular formula is C21H29NO2. The number of nitrogens with one attached hydrogen (secondary N) is 1. The summed E-state index contributed by atoms with van der Waals surface area (Å²) in [5, 5.41) is 3.42. The van der Waals surface area contributed by atoms with Crippen LogP contribution in [0.3, 0.4) is 0 Å². The molecule has 0 aromatic heterocycles. The lowest BCUT2D eigenvalue weighted by Crippen LogP contribution is -2.00. The highest BCUT2D eigenvalue weighted by molar-refractivity contribution is 5.47. The van der Waals surface area contributed by atoms with Crippen LogP contribution in [0.2, 0.25) is 0 Å². The number of ether oxygens (including phenoxy) is 2. The van der Waals surface area contributed by atoms with Gasteiger partial charge >= 0.3 is 0 Å². The molecule has 2 rings (SSSR count). The fraction of sp³-hybridized carbons (Fsp3) is 0.429. The zero-order valence-corrected chi connectivity index (χ0v) is 14.9. The summed E-state index contributed by atoms with van der Waals surface area (Å²) in [7, 11) is 1.68. The minimum Gasteiger partial charge on any atom is -0.497 e. The van der Waals surface area contributed by atoms with Crippen molar-refractivity contribution in [2.45, 2.75) is 45.6 Å². The Kier molecular flexibility index (Phi) is 8.02. The molecule has 3 heteroatoms. The number of anilines is 1. The van der Waals surface area contributed by atoms with E-state index in [1.807, 2.05) is 24.3 Å². The molecule has 24 heavy (non-hydrogen) atoms. The van der Waals surface area contributed by atoms with Gasteiger partial charge in [0.25, 0.3) is 0 Å². The molecule has 0 fully saturated rings. The normalized spacial score (nSPS) is 10.4. The van der Waals surface area contributed by atoms with Crippen molar-refractivity contribution < 1.29 is 9.47 Å². The van der Waals surface area contributed by atoms with Crippen LogP contribution in [-0.2, 0) is 6.54 Å². The summed E-state index contributed by atoms with van der Waals surface area (Å²) in [4.78, 5) is 0. The lowest BCUT2D eigenvalue weighted by atomic mass is 10.2. The summed E-state index contributed by atoms with van der Waals surface area (Å²) in [6, 6.07) is 16.3. The Balaban J connectivity index is 1.69. The van der Waals surface area contributed by atoms with Crippen molar-refractivity contribution in [3.8, 4) is 11.5 Å². The molecule has 0 bridgehead atoms. The van der Waals surface area contributed by atoms with Gasteiger partial charge in [-0.1, -0.05) is 44.7 Å². The highest BCUT2D eigenvalue weighted by atomic mass is 16.5. The summed E-state index contributed by atoms with van der Waals surface area (Å²) < 4.78 is 11.0. The Morgan fingerprint density at radius 1 is 0.792 bits per heavy atom. The van der Waals surface area contributed by atoms with E-state index in [4.69, 9.17) is 9.47 Å². The minimum absolute atomic E-state index is 0.793. The first kappa shape index (κ1) is 18.2. The lowest BCUT2D eigenvalue weighted by Gasteiger charge is -2.09.